The summed E-state index contributed by atoms with van der Waals surface area (Å²) >= 11 is 0. The third kappa shape index (κ3) is 2.83. The third-order valence-electron chi connectivity index (χ3n) is 2.19. The molecule has 0 aliphatic rings. The quantitative estimate of drug-likeness (QED) is 0.731. The molecule has 0 radical (unpaired) electrons. The van der Waals surface area contributed by atoms with E-state index in [4.69, 9.17) is 5.11 Å². The lowest BCUT2D eigenvalue weighted by atomic mass is 10.0. The van der Waals surface area contributed by atoms with Crippen molar-refractivity contribution in [2.24, 2.45) is 0 Å². The van der Waals surface area contributed by atoms with Crippen molar-refractivity contribution >= 4 is 5.97 Å². The van der Waals surface area contributed by atoms with Crippen molar-refractivity contribution in [3.05, 3.63) is 29.6 Å². The Morgan fingerprint density at radius 3 is 2.93 bits per heavy atom. The number of carbonyl (C=O) groups is 1. The summed E-state index contributed by atoms with van der Waals surface area (Å²) < 4.78 is 0. The van der Waals surface area contributed by atoms with Gasteiger partial charge in [0.1, 0.15) is 0 Å². The van der Waals surface area contributed by atoms with E-state index in [0.717, 1.165) is 31.2 Å². The maximum atomic E-state index is 10.8. The van der Waals surface area contributed by atoms with Gasteiger partial charge in [-0.15, -0.1) is 0 Å². The standard InChI is InChI=1S/C11H15NO2/c1-2-3-4-5-9-6-7-12-8-10(9)11(13)14/h6-8H,2-5H2,1H3,(H,13,14). The molecule has 0 aromatic carbocycles. The molecule has 0 amide bonds. The Morgan fingerprint density at radius 1 is 1.50 bits per heavy atom. The molecule has 76 valence electrons. The summed E-state index contributed by atoms with van der Waals surface area (Å²) in [5.74, 6) is -0.885. The monoisotopic (exact) mass is 193 g/mol. The number of hydrogen-bond donors (Lipinski definition) is 1. The van der Waals surface area contributed by atoms with Crippen molar-refractivity contribution in [2.45, 2.75) is 32.6 Å². The zero-order valence-electron chi connectivity index (χ0n) is 8.36. The van der Waals surface area contributed by atoms with Crippen molar-refractivity contribution in [3.8, 4) is 0 Å². The SMILES string of the molecule is CCCCCc1ccncc1C(=O)O. The van der Waals surface area contributed by atoms with E-state index in [1.165, 1.54) is 6.20 Å². The largest absolute Gasteiger partial charge is 0.478 e. The number of rotatable bonds is 5. The number of nitrogens with zero attached hydrogens (tertiary/aromatic N) is 1. The molecule has 0 spiro atoms. The Bertz CT molecular complexity index is 310. The molecule has 14 heavy (non-hydrogen) atoms. The van der Waals surface area contributed by atoms with Gasteiger partial charge >= 0.3 is 5.97 Å². The van der Waals surface area contributed by atoms with E-state index in [1.807, 2.05) is 0 Å². The third-order valence-corrected chi connectivity index (χ3v) is 2.19. The first-order chi connectivity index (χ1) is 6.75. The summed E-state index contributed by atoms with van der Waals surface area (Å²) in [7, 11) is 0. The highest BCUT2D eigenvalue weighted by Crippen LogP contribution is 2.11. The van der Waals surface area contributed by atoms with Crippen molar-refractivity contribution in [1.82, 2.24) is 4.98 Å². The number of carboxylic acid groups (broad SMARTS) is 1. The number of carboxylic acids is 1. The second kappa shape index (κ2) is 5.37. The molecular formula is C11H15NO2. The molecule has 1 rings (SSSR count). The van der Waals surface area contributed by atoms with Crippen LogP contribution in [0.15, 0.2) is 18.5 Å². The fourth-order valence-corrected chi connectivity index (χ4v) is 1.40. The first-order valence-electron chi connectivity index (χ1n) is 4.92. The van der Waals surface area contributed by atoms with Crippen LogP contribution in [0.4, 0.5) is 0 Å². The van der Waals surface area contributed by atoms with Gasteiger partial charge in [-0.25, -0.2) is 4.79 Å². The van der Waals surface area contributed by atoms with E-state index in [0.29, 0.717) is 5.56 Å². The maximum absolute atomic E-state index is 10.8. The van der Waals surface area contributed by atoms with Crippen LogP contribution in [0.25, 0.3) is 0 Å². The van der Waals surface area contributed by atoms with Crippen molar-refractivity contribution in [2.75, 3.05) is 0 Å². The van der Waals surface area contributed by atoms with Crippen LogP contribution in [0.2, 0.25) is 0 Å². The predicted molar refractivity (Wildman–Crippen MR) is 54.4 cm³/mol. The highest BCUT2D eigenvalue weighted by molar-refractivity contribution is 5.88. The Labute approximate surface area is 83.8 Å². The minimum Gasteiger partial charge on any atom is -0.478 e. The number of hydrogen-bond acceptors (Lipinski definition) is 2. The smallest absolute Gasteiger partial charge is 0.337 e. The van der Waals surface area contributed by atoms with Crippen LogP contribution >= 0.6 is 0 Å². The van der Waals surface area contributed by atoms with Crippen LogP contribution in [0.1, 0.15) is 42.1 Å². The minimum absolute atomic E-state index is 0.337. The molecule has 1 aromatic heterocycles. The fourth-order valence-electron chi connectivity index (χ4n) is 1.40. The number of unbranched alkanes of at least 4 members (excludes halogenated alkanes) is 2. The van der Waals surface area contributed by atoms with E-state index in [-0.39, 0.29) is 0 Å². The topological polar surface area (TPSA) is 50.2 Å². The van der Waals surface area contributed by atoms with Gasteiger partial charge in [0.25, 0.3) is 0 Å². The number of aromatic carboxylic acids is 1. The van der Waals surface area contributed by atoms with Gasteiger partial charge in [0, 0.05) is 12.4 Å². The van der Waals surface area contributed by atoms with Gasteiger partial charge in [-0.2, -0.15) is 0 Å². The van der Waals surface area contributed by atoms with Gasteiger partial charge in [-0.05, 0) is 24.5 Å². The summed E-state index contributed by atoms with van der Waals surface area (Å²) in [6.45, 7) is 2.13. The lowest BCUT2D eigenvalue weighted by Gasteiger charge is -2.03. The lowest BCUT2D eigenvalue weighted by molar-refractivity contribution is 0.0695. The molecule has 0 saturated heterocycles. The summed E-state index contributed by atoms with van der Waals surface area (Å²) in [6.07, 6.45) is 7.23. The Kier molecular flexibility index (Phi) is 4.11. The maximum Gasteiger partial charge on any atom is 0.337 e. The molecule has 0 bridgehead atoms. The molecule has 1 heterocycles. The second-order valence-electron chi connectivity index (χ2n) is 3.30. The van der Waals surface area contributed by atoms with Gasteiger partial charge in [-0.3, -0.25) is 4.98 Å². The molecule has 1 aromatic rings. The van der Waals surface area contributed by atoms with Gasteiger partial charge in [0.05, 0.1) is 5.56 Å². The first-order valence-corrected chi connectivity index (χ1v) is 4.92. The van der Waals surface area contributed by atoms with Crippen LogP contribution in [0.3, 0.4) is 0 Å². The van der Waals surface area contributed by atoms with E-state index in [1.54, 1.807) is 12.3 Å². The molecule has 3 heteroatoms. The number of aromatic nitrogens is 1. The van der Waals surface area contributed by atoms with Gasteiger partial charge < -0.3 is 5.11 Å². The zero-order chi connectivity index (χ0) is 10.4. The van der Waals surface area contributed by atoms with E-state index < -0.39 is 5.97 Å². The molecule has 1 N–H and O–H groups in total. The Balaban J connectivity index is 2.69. The minimum atomic E-state index is -0.885. The lowest BCUT2D eigenvalue weighted by Crippen LogP contribution is -2.03. The summed E-state index contributed by atoms with van der Waals surface area (Å²) in [5.41, 5.74) is 1.23. The molecule has 0 aliphatic carbocycles. The van der Waals surface area contributed by atoms with E-state index in [9.17, 15) is 4.79 Å². The molecule has 0 atom stereocenters. The highest BCUT2D eigenvalue weighted by atomic mass is 16.4. The summed E-state index contributed by atoms with van der Waals surface area (Å²) in [4.78, 5) is 14.6. The molecular weight excluding hydrogens is 178 g/mol. The average Bonchev–Trinajstić information content (AvgIpc) is 2.19. The highest BCUT2D eigenvalue weighted by Gasteiger charge is 2.08. The number of aryl methyl sites for hydroxylation is 1. The molecule has 0 saturated carbocycles. The van der Waals surface area contributed by atoms with Gasteiger partial charge in [0.2, 0.25) is 0 Å². The number of pyridine rings is 1. The van der Waals surface area contributed by atoms with Gasteiger partial charge in [0.15, 0.2) is 0 Å². The molecule has 0 fully saturated rings. The second-order valence-corrected chi connectivity index (χ2v) is 3.30. The van der Waals surface area contributed by atoms with Crippen molar-refractivity contribution in [1.29, 1.82) is 0 Å². The van der Waals surface area contributed by atoms with Crippen LogP contribution in [-0.2, 0) is 6.42 Å². The average molecular weight is 193 g/mol. The molecule has 0 unspecified atom stereocenters. The summed E-state index contributed by atoms with van der Waals surface area (Å²) in [5, 5.41) is 8.88. The summed E-state index contributed by atoms with van der Waals surface area (Å²) in [6, 6.07) is 1.79. The van der Waals surface area contributed by atoms with E-state index >= 15 is 0 Å². The van der Waals surface area contributed by atoms with E-state index in [2.05, 4.69) is 11.9 Å². The first kappa shape index (κ1) is 10.7. The normalized spacial score (nSPS) is 10.1. The van der Waals surface area contributed by atoms with Gasteiger partial charge in [-0.1, -0.05) is 19.8 Å². The zero-order valence-corrected chi connectivity index (χ0v) is 8.36. The van der Waals surface area contributed by atoms with Crippen LogP contribution < -0.4 is 0 Å². The van der Waals surface area contributed by atoms with Crippen LogP contribution in [0, 0.1) is 0 Å². The van der Waals surface area contributed by atoms with Crippen LogP contribution in [-0.4, -0.2) is 16.1 Å². The Morgan fingerprint density at radius 2 is 2.29 bits per heavy atom. The molecule has 3 nitrogen and oxygen atoms in total. The van der Waals surface area contributed by atoms with Crippen LogP contribution in [0.5, 0.6) is 0 Å². The van der Waals surface area contributed by atoms with Crippen molar-refractivity contribution < 1.29 is 9.90 Å². The van der Waals surface area contributed by atoms with Crippen molar-refractivity contribution in [3.63, 3.8) is 0 Å². The Hall–Kier alpha value is -1.38. The fraction of sp³-hybridized carbons (Fsp3) is 0.455. The molecule has 0 aliphatic heterocycles. The predicted octanol–water partition coefficient (Wildman–Crippen LogP) is 2.51.